The van der Waals surface area contributed by atoms with E-state index < -0.39 is 5.97 Å². The number of hydrogen-bond donors (Lipinski definition) is 1. The van der Waals surface area contributed by atoms with Crippen molar-refractivity contribution in [3.8, 4) is 11.5 Å². The lowest BCUT2D eigenvalue weighted by molar-refractivity contribution is 0.0697. The molecule has 2 aromatic heterocycles. The average Bonchev–Trinajstić information content (AvgIpc) is 2.95. The van der Waals surface area contributed by atoms with Gasteiger partial charge in [-0.2, -0.15) is 0 Å². The van der Waals surface area contributed by atoms with E-state index in [9.17, 15) is 4.79 Å². The Hall–Kier alpha value is -3.02. The number of carbonyl (C=O) groups is 1. The predicted molar refractivity (Wildman–Crippen MR) is 79.5 cm³/mol. The van der Waals surface area contributed by atoms with Crippen LogP contribution in [0.25, 0.3) is 5.65 Å². The van der Waals surface area contributed by atoms with Crippen LogP contribution in [0.3, 0.4) is 0 Å². The maximum absolute atomic E-state index is 10.9. The van der Waals surface area contributed by atoms with Crippen molar-refractivity contribution in [2.75, 3.05) is 7.11 Å². The maximum Gasteiger partial charge on any atom is 0.335 e. The van der Waals surface area contributed by atoms with Gasteiger partial charge in [0.25, 0.3) is 0 Å². The number of methoxy groups -OCH3 is 1. The molecule has 1 aromatic carbocycles. The van der Waals surface area contributed by atoms with Crippen molar-refractivity contribution in [3.05, 3.63) is 60.0 Å². The third-order valence-electron chi connectivity index (χ3n) is 3.18. The molecule has 0 aliphatic heterocycles. The highest BCUT2D eigenvalue weighted by atomic mass is 16.5. The molecule has 0 atom stereocenters. The van der Waals surface area contributed by atoms with Gasteiger partial charge in [0.05, 0.1) is 18.4 Å². The minimum absolute atomic E-state index is 0.207. The number of aromatic nitrogens is 2. The highest BCUT2D eigenvalue weighted by Crippen LogP contribution is 2.20. The Balaban J connectivity index is 1.77. The van der Waals surface area contributed by atoms with Crippen LogP contribution in [0, 0.1) is 0 Å². The van der Waals surface area contributed by atoms with Gasteiger partial charge in [-0.15, -0.1) is 0 Å². The zero-order chi connectivity index (χ0) is 15.5. The van der Waals surface area contributed by atoms with E-state index in [1.165, 1.54) is 12.1 Å². The van der Waals surface area contributed by atoms with E-state index in [2.05, 4.69) is 4.98 Å². The second-order valence-corrected chi connectivity index (χ2v) is 4.69. The first-order chi connectivity index (χ1) is 10.7. The number of fused-ring (bicyclic) bond motifs is 1. The minimum Gasteiger partial charge on any atom is -0.497 e. The van der Waals surface area contributed by atoms with Gasteiger partial charge in [-0.1, -0.05) is 6.07 Å². The Morgan fingerprint density at radius 3 is 2.86 bits per heavy atom. The highest BCUT2D eigenvalue weighted by molar-refractivity contribution is 5.88. The molecule has 22 heavy (non-hydrogen) atoms. The van der Waals surface area contributed by atoms with Crippen molar-refractivity contribution < 1.29 is 19.4 Å². The molecule has 0 bridgehead atoms. The fraction of sp³-hybridized carbons (Fsp3) is 0.125. The fourth-order valence-corrected chi connectivity index (χ4v) is 2.09. The Labute approximate surface area is 126 Å². The molecule has 3 aromatic rings. The summed E-state index contributed by atoms with van der Waals surface area (Å²) in [6.07, 6.45) is 3.47. The summed E-state index contributed by atoms with van der Waals surface area (Å²) >= 11 is 0. The van der Waals surface area contributed by atoms with E-state index in [1.54, 1.807) is 30.0 Å². The molecule has 6 heteroatoms. The second-order valence-electron chi connectivity index (χ2n) is 4.69. The van der Waals surface area contributed by atoms with Crippen LogP contribution >= 0.6 is 0 Å². The molecule has 0 amide bonds. The van der Waals surface area contributed by atoms with E-state index in [1.807, 2.05) is 18.2 Å². The van der Waals surface area contributed by atoms with E-state index in [-0.39, 0.29) is 12.2 Å². The quantitative estimate of drug-likeness (QED) is 0.784. The third kappa shape index (κ3) is 2.85. The number of carboxylic acids is 1. The van der Waals surface area contributed by atoms with Crippen LogP contribution in [0.15, 0.2) is 48.8 Å². The molecule has 0 unspecified atom stereocenters. The molecule has 0 saturated carbocycles. The van der Waals surface area contributed by atoms with E-state index in [0.29, 0.717) is 17.1 Å². The van der Waals surface area contributed by atoms with E-state index in [4.69, 9.17) is 14.6 Å². The molecule has 1 N–H and O–H groups in total. The Morgan fingerprint density at radius 1 is 1.27 bits per heavy atom. The number of ether oxygens (including phenoxy) is 2. The number of nitrogens with zero attached hydrogens (tertiary/aromatic N) is 2. The van der Waals surface area contributed by atoms with Crippen LogP contribution in [-0.4, -0.2) is 27.6 Å². The second kappa shape index (κ2) is 5.77. The van der Waals surface area contributed by atoms with Crippen molar-refractivity contribution in [1.29, 1.82) is 0 Å². The lowest BCUT2D eigenvalue weighted by Gasteiger charge is -2.05. The summed E-state index contributed by atoms with van der Waals surface area (Å²) in [5, 5.41) is 8.98. The summed E-state index contributed by atoms with van der Waals surface area (Å²) < 4.78 is 12.6. The molecular weight excluding hydrogens is 284 g/mol. The highest BCUT2D eigenvalue weighted by Gasteiger charge is 2.07. The molecule has 2 heterocycles. The van der Waals surface area contributed by atoms with Crippen molar-refractivity contribution in [2.45, 2.75) is 6.61 Å². The lowest BCUT2D eigenvalue weighted by atomic mass is 10.3. The van der Waals surface area contributed by atoms with Crippen LogP contribution in [0.1, 0.15) is 16.1 Å². The molecule has 0 aliphatic carbocycles. The van der Waals surface area contributed by atoms with Crippen LogP contribution in [-0.2, 0) is 6.61 Å². The fourth-order valence-electron chi connectivity index (χ4n) is 2.09. The Morgan fingerprint density at radius 2 is 2.09 bits per heavy atom. The zero-order valence-electron chi connectivity index (χ0n) is 11.9. The summed E-state index contributed by atoms with van der Waals surface area (Å²) in [6, 6.07) is 10.4. The zero-order valence-corrected chi connectivity index (χ0v) is 11.9. The first kappa shape index (κ1) is 13.9. The monoisotopic (exact) mass is 298 g/mol. The molecular formula is C16H14N2O4. The summed E-state index contributed by atoms with van der Waals surface area (Å²) in [6.45, 7) is 0.289. The SMILES string of the molecule is COc1cccc(OCc2cn3ccc(C(=O)O)cc3n2)c1. The minimum atomic E-state index is -0.973. The first-order valence-corrected chi connectivity index (χ1v) is 6.63. The molecule has 0 saturated heterocycles. The summed E-state index contributed by atoms with van der Waals surface area (Å²) in [7, 11) is 1.60. The summed E-state index contributed by atoms with van der Waals surface area (Å²) in [5.74, 6) is 0.431. The predicted octanol–water partition coefficient (Wildman–Crippen LogP) is 2.62. The molecule has 0 radical (unpaired) electrons. The van der Waals surface area contributed by atoms with Crippen molar-refractivity contribution in [2.24, 2.45) is 0 Å². The number of rotatable bonds is 5. The number of aromatic carboxylic acids is 1. The molecule has 0 aliphatic rings. The molecule has 3 rings (SSSR count). The van der Waals surface area contributed by atoms with Crippen LogP contribution < -0.4 is 9.47 Å². The van der Waals surface area contributed by atoms with Gasteiger partial charge in [-0.25, -0.2) is 9.78 Å². The summed E-state index contributed by atoms with van der Waals surface area (Å²) in [4.78, 5) is 15.3. The number of hydrogen-bond acceptors (Lipinski definition) is 4. The topological polar surface area (TPSA) is 73.1 Å². The van der Waals surface area contributed by atoms with E-state index >= 15 is 0 Å². The van der Waals surface area contributed by atoms with Gasteiger partial charge in [0.1, 0.15) is 23.8 Å². The third-order valence-corrected chi connectivity index (χ3v) is 3.18. The van der Waals surface area contributed by atoms with Gasteiger partial charge in [-0.05, 0) is 24.3 Å². The molecule has 0 spiro atoms. The smallest absolute Gasteiger partial charge is 0.335 e. The van der Waals surface area contributed by atoms with Crippen LogP contribution in [0.4, 0.5) is 0 Å². The Bertz CT molecular complexity index is 826. The molecule has 6 nitrogen and oxygen atoms in total. The van der Waals surface area contributed by atoms with Crippen molar-refractivity contribution in [1.82, 2.24) is 9.38 Å². The van der Waals surface area contributed by atoms with Crippen molar-refractivity contribution in [3.63, 3.8) is 0 Å². The largest absolute Gasteiger partial charge is 0.497 e. The van der Waals surface area contributed by atoms with E-state index in [0.717, 1.165) is 5.75 Å². The van der Waals surface area contributed by atoms with Gasteiger partial charge >= 0.3 is 5.97 Å². The number of pyridine rings is 1. The first-order valence-electron chi connectivity index (χ1n) is 6.63. The maximum atomic E-state index is 10.9. The van der Waals surface area contributed by atoms with Crippen LogP contribution in [0.2, 0.25) is 0 Å². The van der Waals surface area contributed by atoms with Gasteiger partial charge in [0.2, 0.25) is 0 Å². The number of carboxylic acid groups (broad SMARTS) is 1. The Kier molecular flexibility index (Phi) is 3.65. The van der Waals surface area contributed by atoms with Gasteiger partial charge < -0.3 is 19.0 Å². The average molecular weight is 298 g/mol. The number of benzene rings is 1. The summed E-state index contributed by atoms with van der Waals surface area (Å²) in [5.41, 5.74) is 1.49. The molecule has 112 valence electrons. The van der Waals surface area contributed by atoms with Crippen LogP contribution in [0.5, 0.6) is 11.5 Å². The van der Waals surface area contributed by atoms with Gasteiger partial charge in [0.15, 0.2) is 0 Å². The normalized spacial score (nSPS) is 10.6. The van der Waals surface area contributed by atoms with Crippen molar-refractivity contribution >= 4 is 11.6 Å². The van der Waals surface area contributed by atoms with Gasteiger partial charge in [0, 0.05) is 18.5 Å². The standard InChI is InChI=1S/C16H14N2O4/c1-21-13-3-2-4-14(8-13)22-10-12-9-18-6-5-11(16(19)20)7-15(18)17-12/h2-9H,10H2,1H3,(H,19,20). The lowest BCUT2D eigenvalue weighted by Crippen LogP contribution is -1.97. The number of imidazole rings is 1. The molecule has 0 fully saturated rings. The van der Waals surface area contributed by atoms with Gasteiger partial charge in [-0.3, -0.25) is 0 Å².